The molecule has 0 radical (unpaired) electrons. The normalized spacial score (nSPS) is 18.3. The number of hydrogen-bond donors (Lipinski definition) is 2. The average molecular weight is 327 g/mol. The van der Waals surface area contributed by atoms with Crippen LogP contribution in [-0.2, 0) is 11.2 Å². The number of amides is 1. The van der Waals surface area contributed by atoms with E-state index >= 15 is 0 Å². The van der Waals surface area contributed by atoms with E-state index in [4.69, 9.17) is 0 Å². The number of nitrogens with zero attached hydrogens (tertiary/aromatic N) is 2. The highest BCUT2D eigenvalue weighted by molar-refractivity contribution is 5.87. The number of aromatic amines is 1. The first kappa shape index (κ1) is 15.8. The van der Waals surface area contributed by atoms with E-state index in [9.17, 15) is 23.1 Å². The standard InChI is InChI=1S/C15H16F3N3O2/c16-15(17,18)14(23)3-6-21(7-4-14)12(22)8-10-9-20-13-11(10)2-1-5-19-13/h1-2,5,9,23H,3-4,6-8H2,(H,19,20). The number of fused-ring (bicyclic) bond motifs is 1. The van der Waals surface area contributed by atoms with E-state index in [0.717, 1.165) is 10.9 Å². The summed E-state index contributed by atoms with van der Waals surface area (Å²) < 4.78 is 38.3. The summed E-state index contributed by atoms with van der Waals surface area (Å²) in [5, 5.41) is 10.5. The fourth-order valence-corrected chi connectivity index (χ4v) is 2.84. The molecule has 3 rings (SSSR count). The van der Waals surface area contributed by atoms with Crippen molar-refractivity contribution in [2.24, 2.45) is 0 Å². The number of nitrogens with one attached hydrogen (secondary N) is 1. The predicted molar refractivity (Wildman–Crippen MR) is 76.6 cm³/mol. The third-order valence-electron chi connectivity index (χ3n) is 4.35. The van der Waals surface area contributed by atoms with Crippen LogP contribution >= 0.6 is 0 Å². The summed E-state index contributed by atoms with van der Waals surface area (Å²) in [5.74, 6) is -0.251. The maximum absolute atomic E-state index is 12.8. The van der Waals surface area contributed by atoms with Crippen molar-refractivity contribution in [3.05, 3.63) is 30.1 Å². The van der Waals surface area contributed by atoms with Crippen molar-refractivity contribution < 1.29 is 23.1 Å². The van der Waals surface area contributed by atoms with Crippen LogP contribution in [0.3, 0.4) is 0 Å². The predicted octanol–water partition coefficient (Wildman–Crippen LogP) is 2.02. The Morgan fingerprint density at radius 1 is 1.39 bits per heavy atom. The van der Waals surface area contributed by atoms with Crippen LogP contribution in [0.15, 0.2) is 24.5 Å². The molecule has 5 nitrogen and oxygen atoms in total. The summed E-state index contributed by atoms with van der Waals surface area (Å²) >= 11 is 0. The average Bonchev–Trinajstić information content (AvgIpc) is 2.90. The molecule has 0 bridgehead atoms. The third-order valence-corrected chi connectivity index (χ3v) is 4.35. The third kappa shape index (κ3) is 2.90. The smallest absolute Gasteiger partial charge is 0.380 e. The molecule has 2 aromatic heterocycles. The maximum Gasteiger partial charge on any atom is 0.417 e. The van der Waals surface area contributed by atoms with Gasteiger partial charge in [0.25, 0.3) is 0 Å². The lowest BCUT2D eigenvalue weighted by atomic mass is 9.90. The van der Waals surface area contributed by atoms with Crippen LogP contribution in [0.25, 0.3) is 11.0 Å². The molecule has 2 N–H and O–H groups in total. The van der Waals surface area contributed by atoms with Gasteiger partial charge in [-0.2, -0.15) is 13.2 Å². The van der Waals surface area contributed by atoms with E-state index in [1.165, 1.54) is 4.90 Å². The van der Waals surface area contributed by atoms with Gasteiger partial charge in [0.1, 0.15) is 5.65 Å². The number of likely N-dealkylation sites (tertiary alicyclic amines) is 1. The Bertz CT molecular complexity index is 718. The van der Waals surface area contributed by atoms with Gasteiger partial charge < -0.3 is 15.0 Å². The quantitative estimate of drug-likeness (QED) is 0.887. The first-order chi connectivity index (χ1) is 10.8. The van der Waals surface area contributed by atoms with E-state index in [1.807, 2.05) is 6.07 Å². The summed E-state index contributed by atoms with van der Waals surface area (Å²) in [5.41, 5.74) is -1.26. The molecule has 1 aliphatic rings. The molecule has 0 unspecified atom stereocenters. The number of piperidine rings is 1. The molecular weight excluding hydrogens is 311 g/mol. The number of carbonyl (C=O) groups is 1. The molecule has 1 amide bonds. The molecule has 3 heterocycles. The summed E-state index contributed by atoms with van der Waals surface area (Å²) in [4.78, 5) is 20.8. The summed E-state index contributed by atoms with van der Waals surface area (Å²) in [6.45, 7) is -0.203. The highest BCUT2D eigenvalue weighted by atomic mass is 19.4. The molecule has 2 aromatic rings. The molecule has 0 aromatic carbocycles. The topological polar surface area (TPSA) is 69.2 Å². The van der Waals surface area contributed by atoms with E-state index in [1.54, 1.807) is 18.5 Å². The molecule has 0 spiro atoms. The second-order valence-corrected chi connectivity index (χ2v) is 5.80. The molecule has 124 valence electrons. The van der Waals surface area contributed by atoms with E-state index in [0.29, 0.717) is 5.65 Å². The van der Waals surface area contributed by atoms with Gasteiger partial charge in [-0.3, -0.25) is 4.79 Å². The molecule has 0 atom stereocenters. The van der Waals surface area contributed by atoms with Crippen molar-refractivity contribution in [3.8, 4) is 0 Å². The van der Waals surface area contributed by atoms with Crippen LogP contribution < -0.4 is 0 Å². The number of H-pyrrole nitrogens is 1. The number of carbonyl (C=O) groups excluding carboxylic acids is 1. The second-order valence-electron chi connectivity index (χ2n) is 5.80. The van der Waals surface area contributed by atoms with Crippen molar-refractivity contribution in [3.63, 3.8) is 0 Å². The molecule has 1 saturated heterocycles. The van der Waals surface area contributed by atoms with Crippen molar-refractivity contribution in [1.29, 1.82) is 0 Å². The number of hydrogen-bond acceptors (Lipinski definition) is 3. The van der Waals surface area contributed by atoms with Gasteiger partial charge in [-0.25, -0.2) is 4.98 Å². The van der Waals surface area contributed by atoms with Gasteiger partial charge >= 0.3 is 6.18 Å². The minimum absolute atomic E-state index is 0.0934. The van der Waals surface area contributed by atoms with Gasteiger partial charge in [-0.1, -0.05) is 0 Å². The molecule has 1 fully saturated rings. The Hall–Kier alpha value is -2.09. The Morgan fingerprint density at radius 3 is 2.74 bits per heavy atom. The molecule has 0 aliphatic carbocycles. The molecular formula is C15H16F3N3O2. The minimum atomic E-state index is -4.66. The highest BCUT2D eigenvalue weighted by Gasteiger charge is 2.54. The highest BCUT2D eigenvalue weighted by Crippen LogP contribution is 2.38. The fourth-order valence-electron chi connectivity index (χ4n) is 2.84. The fraction of sp³-hybridized carbons (Fsp3) is 0.467. The first-order valence-corrected chi connectivity index (χ1v) is 7.28. The largest absolute Gasteiger partial charge is 0.417 e. The van der Waals surface area contributed by atoms with Crippen LogP contribution in [0, 0.1) is 0 Å². The van der Waals surface area contributed by atoms with Crippen LogP contribution in [0.4, 0.5) is 13.2 Å². The number of aliphatic hydroxyl groups is 1. The van der Waals surface area contributed by atoms with Crippen molar-refractivity contribution in [2.45, 2.75) is 31.0 Å². The Kier molecular flexibility index (Phi) is 3.79. The zero-order valence-corrected chi connectivity index (χ0v) is 12.2. The Balaban J connectivity index is 1.66. The van der Waals surface area contributed by atoms with E-state index in [2.05, 4.69) is 9.97 Å². The number of aromatic nitrogens is 2. The molecule has 23 heavy (non-hydrogen) atoms. The molecule has 1 aliphatic heterocycles. The maximum atomic E-state index is 12.8. The van der Waals surface area contributed by atoms with Crippen LogP contribution in [-0.4, -0.2) is 50.7 Å². The van der Waals surface area contributed by atoms with Crippen molar-refractivity contribution in [1.82, 2.24) is 14.9 Å². The number of alkyl halides is 3. The van der Waals surface area contributed by atoms with Crippen molar-refractivity contribution in [2.75, 3.05) is 13.1 Å². The molecule has 0 saturated carbocycles. The zero-order valence-electron chi connectivity index (χ0n) is 12.2. The van der Waals surface area contributed by atoms with Crippen LogP contribution in [0.1, 0.15) is 18.4 Å². The van der Waals surface area contributed by atoms with Crippen LogP contribution in [0.5, 0.6) is 0 Å². The summed E-state index contributed by atoms with van der Waals surface area (Å²) in [6, 6.07) is 3.59. The van der Waals surface area contributed by atoms with Gasteiger partial charge in [0, 0.05) is 43.7 Å². The van der Waals surface area contributed by atoms with Gasteiger partial charge in [0.2, 0.25) is 5.91 Å². The number of rotatable bonds is 2. The summed E-state index contributed by atoms with van der Waals surface area (Å²) in [7, 11) is 0. The van der Waals surface area contributed by atoms with Crippen molar-refractivity contribution >= 4 is 16.9 Å². The number of pyridine rings is 1. The zero-order chi connectivity index (χ0) is 16.7. The number of halogens is 3. The van der Waals surface area contributed by atoms with Gasteiger partial charge in [0.15, 0.2) is 5.60 Å². The van der Waals surface area contributed by atoms with Crippen LogP contribution in [0.2, 0.25) is 0 Å². The SMILES string of the molecule is O=C(Cc1c[nH]c2ncccc12)N1CCC(O)(C(F)(F)F)CC1. The summed E-state index contributed by atoms with van der Waals surface area (Å²) in [6.07, 6.45) is -2.23. The lowest BCUT2D eigenvalue weighted by Crippen LogP contribution is -2.54. The first-order valence-electron chi connectivity index (χ1n) is 7.28. The Labute approximate surface area is 130 Å². The van der Waals surface area contributed by atoms with Gasteiger partial charge in [0.05, 0.1) is 6.42 Å². The minimum Gasteiger partial charge on any atom is -0.380 e. The van der Waals surface area contributed by atoms with E-state index in [-0.39, 0.29) is 25.4 Å². The Morgan fingerprint density at radius 2 is 2.09 bits per heavy atom. The van der Waals surface area contributed by atoms with E-state index < -0.39 is 24.6 Å². The van der Waals surface area contributed by atoms with Gasteiger partial charge in [-0.05, 0) is 17.7 Å². The monoisotopic (exact) mass is 327 g/mol. The molecule has 8 heteroatoms. The lowest BCUT2D eigenvalue weighted by molar-refractivity contribution is -0.272. The second kappa shape index (κ2) is 5.52. The lowest BCUT2D eigenvalue weighted by Gasteiger charge is -2.39. The van der Waals surface area contributed by atoms with Gasteiger partial charge in [-0.15, -0.1) is 0 Å².